The van der Waals surface area contributed by atoms with Crippen LogP contribution in [0.4, 0.5) is 4.39 Å². The topological polar surface area (TPSA) is 50.4 Å². The second-order valence-electron chi connectivity index (χ2n) is 3.70. The Labute approximate surface area is 111 Å². The minimum Gasteiger partial charge on any atom is -0.478 e. The molecule has 0 aliphatic carbocycles. The van der Waals surface area contributed by atoms with Crippen LogP contribution in [0.15, 0.2) is 33.4 Å². The Bertz CT molecular complexity index is 604. The van der Waals surface area contributed by atoms with E-state index in [9.17, 15) is 14.3 Å². The molecule has 0 aliphatic rings. The first-order chi connectivity index (χ1) is 8.56. The van der Waals surface area contributed by atoms with Crippen LogP contribution >= 0.6 is 15.9 Å². The van der Waals surface area contributed by atoms with Crippen LogP contribution in [0.1, 0.15) is 22.8 Å². The molecule has 1 heterocycles. The van der Waals surface area contributed by atoms with Gasteiger partial charge in [-0.15, -0.1) is 0 Å². The van der Waals surface area contributed by atoms with Gasteiger partial charge in [-0.05, 0) is 34.5 Å². The van der Waals surface area contributed by atoms with Crippen molar-refractivity contribution < 1.29 is 18.7 Å². The van der Waals surface area contributed by atoms with Gasteiger partial charge in [-0.25, -0.2) is 9.18 Å². The van der Waals surface area contributed by atoms with E-state index >= 15 is 0 Å². The molecule has 1 aromatic heterocycles. The van der Waals surface area contributed by atoms with Gasteiger partial charge in [0.1, 0.15) is 11.4 Å². The number of hydrogen-bond donors (Lipinski definition) is 1. The molecule has 94 valence electrons. The van der Waals surface area contributed by atoms with Gasteiger partial charge in [-0.1, -0.05) is 19.1 Å². The van der Waals surface area contributed by atoms with Crippen molar-refractivity contribution in [2.24, 2.45) is 0 Å². The molecule has 0 radical (unpaired) electrons. The molecule has 2 rings (SSSR count). The van der Waals surface area contributed by atoms with Crippen LogP contribution in [0.25, 0.3) is 11.3 Å². The molecule has 18 heavy (non-hydrogen) atoms. The standard InChI is InChI=1S/C13H10BrFO3/c1-2-7-10(13(16)17)11(18-12(7)14)8-5-3-4-6-9(8)15/h3-6H,2H2,1H3,(H,16,17). The molecule has 0 amide bonds. The summed E-state index contributed by atoms with van der Waals surface area (Å²) in [6, 6.07) is 5.93. The Hall–Kier alpha value is -1.62. The van der Waals surface area contributed by atoms with Crippen molar-refractivity contribution in [1.29, 1.82) is 0 Å². The molecular formula is C13H10BrFO3. The Morgan fingerprint density at radius 3 is 2.67 bits per heavy atom. The van der Waals surface area contributed by atoms with Crippen LogP contribution < -0.4 is 0 Å². The third-order valence-corrected chi connectivity index (χ3v) is 3.28. The second-order valence-corrected chi connectivity index (χ2v) is 4.42. The summed E-state index contributed by atoms with van der Waals surface area (Å²) in [7, 11) is 0. The van der Waals surface area contributed by atoms with Gasteiger partial charge in [-0.2, -0.15) is 0 Å². The lowest BCUT2D eigenvalue weighted by Gasteiger charge is -2.01. The molecule has 0 aliphatic heterocycles. The minimum absolute atomic E-state index is 0.00877. The molecule has 0 spiro atoms. The molecule has 2 aromatic rings. The highest BCUT2D eigenvalue weighted by Gasteiger charge is 2.25. The van der Waals surface area contributed by atoms with E-state index in [4.69, 9.17) is 4.42 Å². The Morgan fingerprint density at radius 2 is 2.11 bits per heavy atom. The van der Waals surface area contributed by atoms with E-state index in [1.54, 1.807) is 6.07 Å². The predicted molar refractivity (Wildman–Crippen MR) is 68.1 cm³/mol. The molecule has 1 aromatic carbocycles. The fraction of sp³-hybridized carbons (Fsp3) is 0.154. The number of carboxylic acids is 1. The molecule has 0 saturated carbocycles. The maximum Gasteiger partial charge on any atom is 0.339 e. The number of rotatable bonds is 3. The summed E-state index contributed by atoms with van der Waals surface area (Å²) in [6.45, 7) is 1.81. The molecule has 3 nitrogen and oxygen atoms in total. The third-order valence-electron chi connectivity index (χ3n) is 2.64. The highest BCUT2D eigenvalue weighted by molar-refractivity contribution is 9.10. The Kier molecular flexibility index (Phi) is 3.52. The molecule has 0 bridgehead atoms. The molecule has 0 fully saturated rings. The first-order valence-corrected chi connectivity index (χ1v) is 6.14. The van der Waals surface area contributed by atoms with Crippen LogP contribution in [0.3, 0.4) is 0 Å². The normalized spacial score (nSPS) is 10.6. The molecule has 5 heteroatoms. The van der Waals surface area contributed by atoms with Gasteiger partial charge in [0.15, 0.2) is 10.4 Å². The van der Waals surface area contributed by atoms with Gasteiger partial charge in [0.05, 0.1) is 5.56 Å². The summed E-state index contributed by atoms with van der Waals surface area (Å²) in [5.41, 5.74) is 0.686. The number of hydrogen-bond acceptors (Lipinski definition) is 2. The van der Waals surface area contributed by atoms with Crippen molar-refractivity contribution in [2.45, 2.75) is 13.3 Å². The van der Waals surface area contributed by atoms with Gasteiger partial charge in [0, 0.05) is 5.56 Å². The van der Waals surface area contributed by atoms with Crippen molar-refractivity contribution in [1.82, 2.24) is 0 Å². The number of furan rings is 1. The highest BCUT2D eigenvalue weighted by Crippen LogP contribution is 2.36. The molecule has 1 N–H and O–H groups in total. The van der Waals surface area contributed by atoms with E-state index in [0.717, 1.165) is 0 Å². The number of carboxylic acid groups (broad SMARTS) is 1. The first-order valence-electron chi connectivity index (χ1n) is 5.35. The lowest BCUT2D eigenvalue weighted by molar-refractivity contribution is 0.0696. The van der Waals surface area contributed by atoms with Crippen molar-refractivity contribution in [3.05, 3.63) is 45.9 Å². The zero-order chi connectivity index (χ0) is 13.3. The summed E-state index contributed by atoms with van der Waals surface area (Å²) in [5, 5.41) is 9.24. The minimum atomic E-state index is -1.13. The Morgan fingerprint density at radius 1 is 1.44 bits per heavy atom. The number of benzene rings is 1. The lowest BCUT2D eigenvalue weighted by atomic mass is 10.0. The fourth-order valence-electron chi connectivity index (χ4n) is 1.81. The van der Waals surface area contributed by atoms with Crippen molar-refractivity contribution in [3.63, 3.8) is 0 Å². The highest BCUT2D eigenvalue weighted by atomic mass is 79.9. The smallest absolute Gasteiger partial charge is 0.339 e. The number of carbonyl (C=O) groups is 1. The average Bonchev–Trinajstić information content (AvgIpc) is 2.66. The summed E-state index contributed by atoms with van der Waals surface area (Å²) in [5.74, 6) is -1.59. The Balaban J connectivity index is 2.73. The van der Waals surface area contributed by atoms with E-state index in [1.807, 2.05) is 6.92 Å². The van der Waals surface area contributed by atoms with Gasteiger partial charge in [0.25, 0.3) is 0 Å². The van der Waals surface area contributed by atoms with Crippen molar-refractivity contribution in [2.75, 3.05) is 0 Å². The third kappa shape index (κ3) is 2.06. The SMILES string of the molecule is CCc1c(Br)oc(-c2ccccc2F)c1C(=O)O. The molecule has 0 saturated heterocycles. The average molecular weight is 313 g/mol. The van der Waals surface area contributed by atoms with Crippen molar-refractivity contribution >= 4 is 21.9 Å². The van der Waals surface area contributed by atoms with Crippen LogP contribution in [-0.4, -0.2) is 11.1 Å². The van der Waals surface area contributed by atoms with E-state index in [0.29, 0.717) is 16.7 Å². The fourth-order valence-corrected chi connectivity index (χ4v) is 2.46. The van der Waals surface area contributed by atoms with Gasteiger partial charge in [-0.3, -0.25) is 0 Å². The maximum absolute atomic E-state index is 13.7. The van der Waals surface area contributed by atoms with E-state index in [-0.39, 0.29) is 16.9 Å². The van der Waals surface area contributed by atoms with Gasteiger partial charge < -0.3 is 9.52 Å². The second kappa shape index (κ2) is 4.94. The van der Waals surface area contributed by atoms with E-state index in [1.165, 1.54) is 18.2 Å². The summed E-state index contributed by atoms with van der Waals surface area (Å²) in [6.07, 6.45) is 0.486. The van der Waals surface area contributed by atoms with Crippen LogP contribution in [0.2, 0.25) is 0 Å². The summed E-state index contributed by atoms with van der Waals surface area (Å²) < 4.78 is 19.4. The summed E-state index contributed by atoms with van der Waals surface area (Å²) >= 11 is 3.17. The van der Waals surface area contributed by atoms with Crippen LogP contribution in [0, 0.1) is 5.82 Å². The predicted octanol–water partition coefficient (Wildman–Crippen LogP) is 4.11. The van der Waals surface area contributed by atoms with Gasteiger partial charge >= 0.3 is 5.97 Å². The zero-order valence-electron chi connectivity index (χ0n) is 9.54. The monoisotopic (exact) mass is 312 g/mol. The molecule has 0 atom stereocenters. The quantitative estimate of drug-likeness (QED) is 0.928. The van der Waals surface area contributed by atoms with E-state index < -0.39 is 11.8 Å². The largest absolute Gasteiger partial charge is 0.478 e. The maximum atomic E-state index is 13.7. The summed E-state index contributed by atoms with van der Waals surface area (Å²) in [4.78, 5) is 11.3. The van der Waals surface area contributed by atoms with Crippen molar-refractivity contribution in [3.8, 4) is 11.3 Å². The molecule has 0 unspecified atom stereocenters. The van der Waals surface area contributed by atoms with Crippen LogP contribution in [0.5, 0.6) is 0 Å². The zero-order valence-corrected chi connectivity index (χ0v) is 11.1. The lowest BCUT2D eigenvalue weighted by Crippen LogP contribution is -2.01. The van der Waals surface area contributed by atoms with Crippen LogP contribution in [-0.2, 0) is 6.42 Å². The number of halogens is 2. The number of aromatic carboxylic acids is 1. The van der Waals surface area contributed by atoms with Gasteiger partial charge in [0.2, 0.25) is 0 Å². The first kappa shape index (κ1) is 12.8. The van der Waals surface area contributed by atoms with E-state index in [2.05, 4.69) is 15.9 Å². The molecular weight excluding hydrogens is 303 g/mol.